The molecule has 0 aliphatic carbocycles. The fourth-order valence-corrected chi connectivity index (χ4v) is 3.89. The van der Waals surface area contributed by atoms with Gasteiger partial charge in [0.15, 0.2) is 5.16 Å². The SMILES string of the molecule is COC(=O)CCn1c(SCn2nnc3ccccc3c2=O)nc2ccccc2c1=O. The Balaban J connectivity index is 1.71. The number of esters is 1. The van der Waals surface area contributed by atoms with Crippen molar-refractivity contribution in [2.24, 2.45) is 0 Å². The minimum Gasteiger partial charge on any atom is -0.469 e. The molecule has 0 N–H and O–H groups in total. The third kappa shape index (κ3) is 3.81. The van der Waals surface area contributed by atoms with Crippen LogP contribution < -0.4 is 11.1 Å². The van der Waals surface area contributed by atoms with E-state index >= 15 is 0 Å². The number of fused-ring (bicyclic) bond motifs is 2. The number of thioether (sulfide) groups is 1. The van der Waals surface area contributed by atoms with Crippen molar-refractivity contribution in [3.05, 3.63) is 69.2 Å². The van der Waals surface area contributed by atoms with Crippen LogP contribution in [0.3, 0.4) is 0 Å². The number of rotatable bonds is 6. The summed E-state index contributed by atoms with van der Waals surface area (Å²) in [5.74, 6) is -0.317. The van der Waals surface area contributed by atoms with Crippen molar-refractivity contribution >= 4 is 39.5 Å². The Morgan fingerprint density at radius 3 is 2.40 bits per heavy atom. The molecule has 0 atom stereocenters. The van der Waals surface area contributed by atoms with Crippen LogP contribution in [0.4, 0.5) is 0 Å². The van der Waals surface area contributed by atoms with E-state index in [4.69, 9.17) is 0 Å². The van der Waals surface area contributed by atoms with E-state index in [1.807, 2.05) is 0 Å². The van der Waals surface area contributed by atoms with Gasteiger partial charge in [-0.15, -0.1) is 5.10 Å². The molecule has 2 aromatic carbocycles. The first-order chi connectivity index (χ1) is 14.6. The van der Waals surface area contributed by atoms with Gasteiger partial charge in [0.05, 0.1) is 35.7 Å². The predicted octanol–water partition coefficient (Wildman–Crippen LogP) is 1.81. The Kier molecular flexibility index (Phi) is 5.57. The number of carbonyl (C=O) groups excluding carboxylic acids is 1. The maximum Gasteiger partial charge on any atom is 0.307 e. The summed E-state index contributed by atoms with van der Waals surface area (Å²) >= 11 is 1.17. The second-order valence-electron chi connectivity index (χ2n) is 6.38. The number of benzene rings is 2. The van der Waals surface area contributed by atoms with Gasteiger partial charge in [0.2, 0.25) is 0 Å². The van der Waals surface area contributed by atoms with Gasteiger partial charge in [-0.1, -0.05) is 41.2 Å². The van der Waals surface area contributed by atoms with Crippen LogP contribution in [-0.4, -0.2) is 37.6 Å². The smallest absolute Gasteiger partial charge is 0.307 e. The molecule has 0 fully saturated rings. The van der Waals surface area contributed by atoms with Crippen LogP contribution in [0.2, 0.25) is 0 Å². The molecule has 2 aromatic heterocycles. The van der Waals surface area contributed by atoms with Gasteiger partial charge >= 0.3 is 5.97 Å². The van der Waals surface area contributed by atoms with E-state index in [0.717, 1.165) is 0 Å². The summed E-state index contributed by atoms with van der Waals surface area (Å²) in [4.78, 5) is 41.8. The quantitative estimate of drug-likeness (QED) is 0.262. The van der Waals surface area contributed by atoms with Crippen molar-refractivity contribution in [1.29, 1.82) is 0 Å². The highest BCUT2D eigenvalue weighted by Crippen LogP contribution is 2.19. The maximum atomic E-state index is 13.0. The van der Waals surface area contributed by atoms with Crippen LogP contribution >= 0.6 is 11.8 Å². The summed E-state index contributed by atoms with van der Waals surface area (Å²) in [6.45, 7) is 0.115. The molecule has 0 bridgehead atoms. The van der Waals surface area contributed by atoms with Crippen molar-refractivity contribution in [3.63, 3.8) is 0 Å². The van der Waals surface area contributed by atoms with Crippen molar-refractivity contribution in [1.82, 2.24) is 24.5 Å². The van der Waals surface area contributed by atoms with Crippen LogP contribution in [0.25, 0.3) is 21.8 Å². The molecule has 2 heterocycles. The molecule has 152 valence electrons. The van der Waals surface area contributed by atoms with Gasteiger partial charge in [0.1, 0.15) is 5.52 Å². The zero-order chi connectivity index (χ0) is 21.1. The van der Waals surface area contributed by atoms with Crippen LogP contribution in [0.1, 0.15) is 6.42 Å². The molecule has 0 aliphatic heterocycles. The zero-order valence-corrected chi connectivity index (χ0v) is 16.8. The summed E-state index contributed by atoms with van der Waals surface area (Å²) in [7, 11) is 1.30. The van der Waals surface area contributed by atoms with Crippen molar-refractivity contribution in [2.75, 3.05) is 7.11 Å². The van der Waals surface area contributed by atoms with Crippen LogP contribution in [-0.2, 0) is 22.0 Å². The Morgan fingerprint density at radius 2 is 1.67 bits per heavy atom. The molecule has 0 aliphatic rings. The van der Waals surface area contributed by atoms with Crippen LogP contribution in [0, 0.1) is 0 Å². The van der Waals surface area contributed by atoms with E-state index in [0.29, 0.717) is 27.0 Å². The Hall–Kier alpha value is -3.53. The van der Waals surface area contributed by atoms with E-state index in [-0.39, 0.29) is 30.0 Å². The summed E-state index contributed by atoms with van der Waals surface area (Å²) in [5.41, 5.74) is 0.514. The lowest BCUT2D eigenvalue weighted by molar-refractivity contribution is -0.140. The molecule has 0 amide bonds. The Morgan fingerprint density at radius 1 is 1.00 bits per heavy atom. The van der Waals surface area contributed by atoms with Crippen LogP contribution in [0.5, 0.6) is 0 Å². The summed E-state index contributed by atoms with van der Waals surface area (Å²) in [6.07, 6.45) is 0.0275. The molecular formula is C20H17N5O4S. The number of methoxy groups -OCH3 is 1. The van der Waals surface area contributed by atoms with Crippen molar-refractivity contribution in [2.45, 2.75) is 24.0 Å². The number of carbonyl (C=O) groups is 1. The first-order valence-electron chi connectivity index (χ1n) is 9.10. The number of aromatic nitrogens is 5. The largest absolute Gasteiger partial charge is 0.469 e. The molecular weight excluding hydrogens is 406 g/mol. The molecule has 4 aromatic rings. The molecule has 0 saturated heterocycles. The topological polar surface area (TPSA) is 109 Å². The van der Waals surface area contributed by atoms with Gasteiger partial charge in [-0.05, 0) is 24.3 Å². The second kappa shape index (κ2) is 8.46. The van der Waals surface area contributed by atoms with E-state index in [2.05, 4.69) is 20.0 Å². The molecule has 4 rings (SSSR count). The monoisotopic (exact) mass is 423 g/mol. The fourth-order valence-electron chi connectivity index (χ4n) is 2.99. The van der Waals surface area contributed by atoms with Gasteiger partial charge < -0.3 is 4.74 Å². The standard InChI is InChI=1S/C20H17N5O4S/c1-29-17(26)10-11-24-18(27)13-6-2-4-8-15(13)21-20(24)30-12-25-19(28)14-7-3-5-9-16(14)22-23-25/h2-9H,10-12H2,1H3. The highest BCUT2D eigenvalue weighted by molar-refractivity contribution is 7.98. The highest BCUT2D eigenvalue weighted by Gasteiger charge is 2.14. The normalized spacial score (nSPS) is 11.1. The summed E-state index contributed by atoms with van der Waals surface area (Å²) < 4.78 is 7.32. The Labute approximate surface area is 174 Å². The van der Waals surface area contributed by atoms with Gasteiger partial charge in [-0.2, -0.15) is 4.68 Å². The molecule has 0 saturated carbocycles. The van der Waals surface area contributed by atoms with Gasteiger partial charge in [0, 0.05) is 6.54 Å². The number of hydrogen-bond donors (Lipinski definition) is 0. The van der Waals surface area contributed by atoms with Crippen LogP contribution in [0.15, 0.2) is 63.3 Å². The molecule has 10 heteroatoms. The molecule has 0 radical (unpaired) electrons. The lowest BCUT2D eigenvalue weighted by atomic mass is 10.2. The first-order valence-corrected chi connectivity index (χ1v) is 10.1. The molecule has 0 unspecified atom stereocenters. The molecule has 0 spiro atoms. The highest BCUT2D eigenvalue weighted by atomic mass is 32.2. The zero-order valence-electron chi connectivity index (χ0n) is 16.0. The lowest BCUT2D eigenvalue weighted by Gasteiger charge is -2.13. The summed E-state index contributed by atoms with van der Waals surface area (Å²) in [5, 5.41) is 9.32. The van der Waals surface area contributed by atoms with Gasteiger partial charge in [-0.3, -0.25) is 19.0 Å². The molecule has 9 nitrogen and oxygen atoms in total. The Bertz CT molecular complexity index is 1360. The van der Waals surface area contributed by atoms with E-state index < -0.39 is 5.97 Å². The van der Waals surface area contributed by atoms with E-state index in [1.54, 1.807) is 48.5 Å². The number of nitrogens with zero attached hydrogens (tertiary/aromatic N) is 5. The second-order valence-corrected chi connectivity index (χ2v) is 7.29. The first kappa shape index (κ1) is 19.8. The van der Waals surface area contributed by atoms with E-state index in [1.165, 1.54) is 28.1 Å². The van der Waals surface area contributed by atoms with Gasteiger partial charge in [-0.25, -0.2) is 4.98 Å². The van der Waals surface area contributed by atoms with Crippen molar-refractivity contribution in [3.8, 4) is 0 Å². The van der Waals surface area contributed by atoms with E-state index in [9.17, 15) is 14.4 Å². The maximum absolute atomic E-state index is 13.0. The minimum absolute atomic E-state index is 0.0275. The third-order valence-electron chi connectivity index (χ3n) is 4.54. The third-order valence-corrected chi connectivity index (χ3v) is 5.48. The number of hydrogen-bond acceptors (Lipinski definition) is 8. The molecule has 30 heavy (non-hydrogen) atoms. The van der Waals surface area contributed by atoms with Gasteiger partial charge in [0.25, 0.3) is 11.1 Å². The van der Waals surface area contributed by atoms with Crippen molar-refractivity contribution < 1.29 is 9.53 Å². The predicted molar refractivity (Wildman–Crippen MR) is 112 cm³/mol. The lowest BCUT2D eigenvalue weighted by Crippen LogP contribution is -2.26. The summed E-state index contributed by atoms with van der Waals surface area (Å²) in [6, 6.07) is 13.9. The number of ether oxygens (including phenoxy) is 1. The number of para-hydroxylation sites is 1. The minimum atomic E-state index is -0.428. The average Bonchev–Trinajstić information content (AvgIpc) is 2.78. The fraction of sp³-hybridized carbons (Fsp3) is 0.200. The average molecular weight is 423 g/mol.